The molecule has 0 aliphatic heterocycles. The van der Waals surface area contributed by atoms with E-state index in [1.165, 1.54) is 5.56 Å². The molecular formula is C31H26ClN3O2. The lowest BCUT2D eigenvalue weighted by molar-refractivity contribution is 0.284. The van der Waals surface area contributed by atoms with Gasteiger partial charge in [0.1, 0.15) is 6.61 Å². The Balaban J connectivity index is 1.41. The Hall–Kier alpha value is -4.35. The molecule has 0 fully saturated rings. The highest BCUT2D eigenvalue weighted by molar-refractivity contribution is 6.30. The summed E-state index contributed by atoms with van der Waals surface area (Å²) in [6, 6.07) is 33.6. The number of halogens is 1. The largest absolute Gasteiger partial charge is 0.493 e. The summed E-state index contributed by atoms with van der Waals surface area (Å²) in [5.41, 5.74) is 5.96. The van der Waals surface area contributed by atoms with Crippen molar-refractivity contribution in [3.63, 3.8) is 0 Å². The van der Waals surface area contributed by atoms with Gasteiger partial charge in [-0.25, -0.2) is 9.67 Å². The Bertz CT molecular complexity index is 1510. The molecule has 0 saturated carbocycles. The monoisotopic (exact) mass is 507 g/mol. The van der Waals surface area contributed by atoms with Gasteiger partial charge in [-0.05, 0) is 60.5 Å². The van der Waals surface area contributed by atoms with Crippen LogP contribution in [-0.4, -0.2) is 23.1 Å². The van der Waals surface area contributed by atoms with Crippen LogP contribution in [0.5, 0.6) is 11.5 Å². The van der Waals surface area contributed by atoms with Crippen LogP contribution in [0.4, 0.5) is 5.82 Å². The summed E-state index contributed by atoms with van der Waals surface area (Å²) < 4.78 is 13.4. The average molecular weight is 508 g/mol. The van der Waals surface area contributed by atoms with E-state index in [0.717, 1.165) is 33.9 Å². The third-order valence-corrected chi connectivity index (χ3v) is 6.13. The first-order chi connectivity index (χ1) is 18.1. The van der Waals surface area contributed by atoms with Crippen molar-refractivity contribution in [2.24, 2.45) is 4.99 Å². The lowest BCUT2D eigenvalue weighted by Crippen LogP contribution is -1.98. The van der Waals surface area contributed by atoms with Crippen LogP contribution in [-0.2, 0) is 6.61 Å². The number of nitrogens with zero attached hydrogens (tertiary/aromatic N) is 3. The summed E-state index contributed by atoms with van der Waals surface area (Å²) in [7, 11) is 1.63. The fourth-order valence-electron chi connectivity index (χ4n) is 3.85. The molecule has 1 aromatic heterocycles. The second kappa shape index (κ2) is 11.1. The van der Waals surface area contributed by atoms with Crippen molar-refractivity contribution in [3.8, 4) is 28.4 Å². The summed E-state index contributed by atoms with van der Waals surface area (Å²) >= 11 is 5.97. The molecule has 0 N–H and O–H groups in total. The molecule has 0 saturated heterocycles. The van der Waals surface area contributed by atoms with Crippen molar-refractivity contribution in [2.45, 2.75) is 13.5 Å². The minimum atomic E-state index is 0.416. The van der Waals surface area contributed by atoms with Crippen molar-refractivity contribution in [1.82, 2.24) is 9.78 Å². The van der Waals surface area contributed by atoms with Crippen LogP contribution in [0.2, 0.25) is 5.02 Å². The summed E-state index contributed by atoms with van der Waals surface area (Å²) in [6.45, 7) is 2.49. The highest BCUT2D eigenvalue weighted by Gasteiger charge is 2.11. The number of aryl methyl sites for hydroxylation is 1. The zero-order valence-corrected chi connectivity index (χ0v) is 21.4. The molecule has 5 rings (SSSR count). The van der Waals surface area contributed by atoms with E-state index in [0.29, 0.717) is 23.1 Å². The minimum Gasteiger partial charge on any atom is -0.493 e. The zero-order valence-electron chi connectivity index (χ0n) is 20.6. The Labute approximate surface area is 221 Å². The van der Waals surface area contributed by atoms with E-state index >= 15 is 0 Å². The van der Waals surface area contributed by atoms with Crippen LogP contribution in [0.25, 0.3) is 16.9 Å². The van der Waals surface area contributed by atoms with E-state index in [2.05, 4.69) is 31.2 Å². The third kappa shape index (κ3) is 5.90. The van der Waals surface area contributed by atoms with Gasteiger partial charge >= 0.3 is 0 Å². The number of hydrogen-bond donors (Lipinski definition) is 0. The summed E-state index contributed by atoms with van der Waals surface area (Å²) in [4.78, 5) is 4.79. The van der Waals surface area contributed by atoms with Gasteiger partial charge < -0.3 is 9.47 Å². The Morgan fingerprint density at radius 2 is 1.62 bits per heavy atom. The van der Waals surface area contributed by atoms with Crippen LogP contribution < -0.4 is 9.47 Å². The van der Waals surface area contributed by atoms with E-state index in [1.54, 1.807) is 13.3 Å². The molecular weight excluding hydrogens is 482 g/mol. The molecule has 0 amide bonds. The van der Waals surface area contributed by atoms with Crippen LogP contribution in [0.1, 0.15) is 16.7 Å². The van der Waals surface area contributed by atoms with Crippen LogP contribution in [0.15, 0.2) is 108 Å². The Kier molecular flexibility index (Phi) is 7.33. The first kappa shape index (κ1) is 24.3. The molecule has 0 unspecified atom stereocenters. The SMILES string of the molecule is COc1cc(C=Nc2cc(-c3ccc(C)cc3)nn2-c2ccccc2)ccc1OCc1ccc(Cl)cc1. The molecule has 5 aromatic rings. The predicted octanol–water partition coefficient (Wildman–Crippen LogP) is 7.84. The molecule has 5 nitrogen and oxygen atoms in total. The van der Waals surface area contributed by atoms with Gasteiger partial charge in [-0.2, -0.15) is 5.10 Å². The van der Waals surface area contributed by atoms with Gasteiger partial charge in [0.15, 0.2) is 17.3 Å². The molecule has 0 aliphatic rings. The maximum absolute atomic E-state index is 5.98. The summed E-state index contributed by atoms with van der Waals surface area (Å²) in [6.07, 6.45) is 1.81. The Morgan fingerprint density at radius 1 is 0.865 bits per heavy atom. The molecule has 1 heterocycles. The van der Waals surface area contributed by atoms with Crippen LogP contribution >= 0.6 is 11.6 Å². The highest BCUT2D eigenvalue weighted by atomic mass is 35.5. The molecule has 184 valence electrons. The zero-order chi connectivity index (χ0) is 25.6. The van der Waals surface area contributed by atoms with Crippen molar-refractivity contribution in [3.05, 3.63) is 125 Å². The number of methoxy groups -OCH3 is 1. The van der Waals surface area contributed by atoms with Crippen molar-refractivity contribution in [2.75, 3.05) is 7.11 Å². The molecule has 0 atom stereocenters. The van der Waals surface area contributed by atoms with Gasteiger partial charge in [0.2, 0.25) is 0 Å². The summed E-state index contributed by atoms with van der Waals surface area (Å²) in [5.74, 6) is 2.02. The number of ether oxygens (including phenoxy) is 2. The standard InChI is InChI=1S/C31H26ClN3O2/c1-22-8-13-25(14-9-22)28-19-31(35(34-28)27-6-4-3-5-7-27)33-20-24-12-17-29(30(18-24)36-2)37-21-23-10-15-26(32)16-11-23/h3-20H,21H2,1-2H3. The molecule has 37 heavy (non-hydrogen) atoms. The Morgan fingerprint density at radius 3 is 2.35 bits per heavy atom. The quantitative estimate of drug-likeness (QED) is 0.201. The fraction of sp³-hybridized carbons (Fsp3) is 0.0968. The fourth-order valence-corrected chi connectivity index (χ4v) is 3.98. The molecule has 6 heteroatoms. The van der Waals surface area contributed by atoms with E-state index in [4.69, 9.17) is 31.2 Å². The van der Waals surface area contributed by atoms with Gasteiger partial charge in [0.25, 0.3) is 0 Å². The first-order valence-corrected chi connectivity index (χ1v) is 12.3. The van der Waals surface area contributed by atoms with E-state index in [1.807, 2.05) is 83.5 Å². The van der Waals surface area contributed by atoms with Gasteiger partial charge in [-0.3, -0.25) is 0 Å². The van der Waals surface area contributed by atoms with E-state index in [-0.39, 0.29) is 0 Å². The van der Waals surface area contributed by atoms with Gasteiger partial charge in [-0.15, -0.1) is 0 Å². The lowest BCUT2D eigenvalue weighted by Gasteiger charge is -2.11. The van der Waals surface area contributed by atoms with E-state index in [9.17, 15) is 0 Å². The van der Waals surface area contributed by atoms with Crippen molar-refractivity contribution < 1.29 is 9.47 Å². The second-order valence-electron chi connectivity index (χ2n) is 8.58. The minimum absolute atomic E-state index is 0.416. The first-order valence-electron chi connectivity index (χ1n) is 11.9. The number of hydrogen-bond acceptors (Lipinski definition) is 4. The molecule has 0 radical (unpaired) electrons. The van der Waals surface area contributed by atoms with Gasteiger partial charge in [0.05, 0.1) is 18.5 Å². The third-order valence-electron chi connectivity index (χ3n) is 5.88. The van der Waals surface area contributed by atoms with Gasteiger partial charge in [-0.1, -0.05) is 71.8 Å². The number of aliphatic imine (C=N–C) groups is 1. The number of benzene rings is 4. The van der Waals surface area contributed by atoms with Crippen LogP contribution in [0.3, 0.4) is 0 Å². The van der Waals surface area contributed by atoms with Gasteiger partial charge in [0, 0.05) is 22.9 Å². The molecule has 4 aromatic carbocycles. The maximum Gasteiger partial charge on any atom is 0.161 e. The predicted molar refractivity (Wildman–Crippen MR) is 150 cm³/mol. The van der Waals surface area contributed by atoms with Crippen molar-refractivity contribution >= 4 is 23.6 Å². The lowest BCUT2D eigenvalue weighted by atomic mass is 10.1. The number of para-hydroxylation sites is 1. The molecule has 0 bridgehead atoms. The number of rotatable bonds is 8. The average Bonchev–Trinajstić information content (AvgIpc) is 3.37. The smallest absolute Gasteiger partial charge is 0.161 e. The summed E-state index contributed by atoms with van der Waals surface area (Å²) in [5, 5.41) is 5.55. The number of aromatic nitrogens is 2. The van der Waals surface area contributed by atoms with E-state index < -0.39 is 0 Å². The van der Waals surface area contributed by atoms with Crippen LogP contribution in [0, 0.1) is 6.92 Å². The second-order valence-corrected chi connectivity index (χ2v) is 9.02. The topological polar surface area (TPSA) is 48.6 Å². The van der Waals surface area contributed by atoms with Crippen molar-refractivity contribution in [1.29, 1.82) is 0 Å². The normalized spacial score (nSPS) is 11.1. The molecule has 0 aliphatic carbocycles. The molecule has 0 spiro atoms. The highest BCUT2D eigenvalue weighted by Crippen LogP contribution is 2.30. The maximum atomic E-state index is 5.98.